The molecule has 1 N–H and O–H groups in total. The summed E-state index contributed by atoms with van der Waals surface area (Å²) in [5.41, 5.74) is 0. The van der Waals surface area contributed by atoms with E-state index in [4.69, 9.17) is 5.11 Å². The third-order valence-corrected chi connectivity index (χ3v) is 1.36. The minimum Gasteiger partial charge on any atom is -0.475 e. The van der Waals surface area contributed by atoms with Gasteiger partial charge in [0.25, 0.3) is 0 Å². The SMILES string of the molecule is COC(=O)OC(=O)c1ccc(C(=O)O)o1. The number of esters is 1. The van der Waals surface area contributed by atoms with Crippen LogP contribution in [0.1, 0.15) is 21.1 Å². The molecule has 0 saturated carbocycles. The molecule has 0 aliphatic heterocycles. The number of rotatable bonds is 2. The Hall–Kier alpha value is -2.31. The molecule has 7 nitrogen and oxygen atoms in total. The molecule has 0 atom stereocenters. The standard InChI is InChI=1S/C8H6O7/c1-13-8(12)15-7(11)5-3-2-4(14-5)6(9)10/h2-3H,1H3,(H,9,10). The quantitative estimate of drug-likeness (QED) is 0.576. The van der Waals surface area contributed by atoms with Crippen molar-refractivity contribution in [3.8, 4) is 0 Å². The van der Waals surface area contributed by atoms with Crippen LogP contribution in [-0.4, -0.2) is 30.3 Å². The van der Waals surface area contributed by atoms with Gasteiger partial charge < -0.3 is 19.0 Å². The molecule has 0 aromatic carbocycles. The summed E-state index contributed by atoms with van der Waals surface area (Å²) >= 11 is 0. The van der Waals surface area contributed by atoms with Crippen molar-refractivity contribution < 1.29 is 33.4 Å². The van der Waals surface area contributed by atoms with Crippen LogP contribution in [0.4, 0.5) is 4.79 Å². The van der Waals surface area contributed by atoms with E-state index in [2.05, 4.69) is 13.9 Å². The molecule has 0 unspecified atom stereocenters. The topological polar surface area (TPSA) is 103 Å². The summed E-state index contributed by atoms with van der Waals surface area (Å²) in [6, 6.07) is 2.14. The lowest BCUT2D eigenvalue weighted by Crippen LogP contribution is -2.11. The number of carbonyl (C=O) groups is 3. The van der Waals surface area contributed by atoms with Gasteiger partial charge in [-0.1, -0.05) is 0 Å². The van der Waals surface area contributed by atoms with Crippen molar-refractivity contribution in [2.24, 2.45) is 0 Å². The molecule has 7 heteroatoms. The van der Waals surface area contributed by atoms with Gasteiger partial charge in [-0.05, 0) is 12.1 Å². The highest BCUT2D eigenvalue weighted by atomic mass is 16.7. The second-order valence-corrected chi connectivity index (χ2v) is 2.31. The zero-order chi connectivity index (χ0) is 11.4. The molecular weight excluding hydrogens is 208 g/mol. The maximum Gasteiger partial charge on any atom is 0.516 e. The van der Waals surface area contributed by atoms with E-state index in [0.717, 1.165) is 19.2 Å². The van der Waals surface area contributed by atoms with E-state index in [9.17, 15) is 14.4 Å². The molecule has 1 rings (SSSR count). The predicted octanol–water partition coefficient (Wildman–Crippen LogP) is 0.901. The van der Waals surface area contributed by atoms with Crippen LogP contribution in [-0.2, 0) is 9.47 Å². The van der Waals surface area contributed by atoms with Crippen molar-refractivity contribution >= 4 is 18.1 Å². The number of ether oxygens (including phenoxy) is 2. The third kappa shape index (κ3) is 2.56. The third-order valence-electron chi connectivity index (χ3n) is 1.36. The number of carboxylic acids is 1. The van der Waals surface area contributed by atoms with Gasteiger partial charge in [0.2, 0.25) is 11.5 Å². The minimum atomic E-state index is -1.33. The highest BCUT2D eigenvalue weighted by Gasteiger charge is 2.19. The summed E-state index contributed by atoms with van der Waals surface area (Å²) in [5.74, 6) is -3.26. The summed E-state index contributed by atoms with van der Waals surface area (Å²) in [7, 11) is 1.03. The van der Waals surface area contributed by atoms with E-state index in [1.165, 1.54) is 0 Å². The van der Waals surface area contributed by atoms with Crippen molar-refractivity contribution in [1.82, 2.24) is 0 Å². The Kier molecular flexibility index (Phi) is 3.06. The lowest BCUT2D eigenvalue weighted by atomic mass is 10.4. The van der Waals surface area contributed by atoms with Crippen LogP contribution in [0.2, 0.25) is 0 Å². The molecule has 1 aromatic heterocycles. The van der Waals surface area contributed by atoms with Crippen LogP contribution >= 0.6 is 0 Å². The fraction of sp³-hybridized carbons (Fsp3) is 0.125. The van der Waals surface area contributed by atoms with Crippen LogP contribution in [0.15, 0.2) is 16.5 Å². The van der Waals surface area contributed by atoms with Crippen molar-refractivity contribution in [3.05, 3.63) is 23.7 Å². The molecule has 0 aliphatic carbocycles. The molecule has 0 aliphatic rings. The van der Waals surface area contributed by atoms with Gasteiger partial charge in [-0.3, -0.25) is 0 Å². The first kappa shape index (κ1) is 10.8. The monoisotopic (exact) mass is 214 g/mol. The number of hydrogen-bond acceptors (Lipinski definition) is 6. The van der Waals surface area contributed by atoms with E-state index in [-0.39, 0.29) is 0 Å². The first-order valence-electron chi connectivity index (χ1n) is 3.68. The lowest BCUT2D eigenvalue weighted by molar-refractivity contribution is 0.0419. The Morgan fingerprint density at radius 3 is 2.33 bits per heavy atom. The van der Waals surface area contributed by atoms with Gasteiger partial charge in [-0.2, -0.15) is 0 Å². The molecule has 1 heterocycles. The van der Waals surface area contributed by atoms with E-state index in [0.29, 0.717) is 0 Å². The minimum absolute atomic E-state index is 0.391. The van der Waals surface area contributed by atoms with Crippen LogP contribution in [0.25, 0.3) is 0 Å². The fourth-order valence-corrected chi connectivity index (χ4v) is 0.730. The average Bonchev–Trinajstić information content (AvgIpc) is 2.66. The Morgan fingerprint density at radius 1 is 1.27 bits per heavy atom. The maximum absolute atomic E-state index is 11.0. The van der Waals surface area contributed by atoms with Crippen molar-refractivity contribution in [2.45, 2.75) is 0 Å². The van der Waals surface area contributed by atoms with Gasteiger partial charge in [0.1, 0.15) is 0 Å². The highest BCUT2D eigenvalue weighted by molar-refractivity contribution is 5.94. The van der Waals surface area contributed by atoms with Gasteiger partial charge in [0.15, 0.2) is 0 Å². The molecule has 0 radical (unpaired) electrons. The highest BCUT2D eigenvalue weighted by Crippen LogP contribution is 2.09. The van der Waals surface area contributed by atoms with Crippen LogP contribution in [0, 0.1) is 0 Å². The van der Waals surface area contributed by atoms with Gasteiger partial charge in [-0.15, -0.1) is 0 Å². The Balaban J connectivity index is 2.74. The Bertz CT molecular complexity index is 403. The van der Waals surface area contributed by atoms with Crippen molar-refractivity contribution in [1.29, 1.82) is 0 Å². The van der Waals surface area contributed by atoms with Crippen molar-refractivity contribution in [2.75, 3.05) is 7.11 Å². The van der Waals surface area contributed by atoms with Gasteiger partial charge in [-0.25, -0.2) is 14.4 Å². The van der Waals surface area contributed by atoms with Gasteiger partial charge >= 0.3 is 18.1 Å². The predicted molar refractivity (Wildman–Crippen MR) is 43.5 cm³/mol. The molecule has 80 valence electrons. The molecule has 0 fully saturated rings. The number of hydrogen-bond donors (Lipinski definition) is 1. The van der Waals surface area contributed by atoms with E-state index in [1.54, 1.807) is 0 Å². The van der Waals surface area contributed by atoms with Gasteiger partial charge in [0.05, 0.1) is 7.11 Å². The molecule has 0 saturated heterocycles. The number of methoxy groups -OCH3 is 1. The zero-order valence-electron chi connectivity index (χ0n) is 7.55. The Morgan fingerprint density at radius 2 is 1.87 bits per heavy atom. The smallest absolute Gasteiger partial charge is 0.475 e. The molecule has 0 bridgehead atoms. The average molecular weight is 214 g/mol. The normalized spacial score (nSPS) is 9.40. The van der Waals surface area contributed by atoms with Gasteiger partial charge in [0, 0.05) is 0 Å². The van der Waals surface area contributed by atoms with E-state index >= 15 is 0 Å². The second kappa shape index (κ2) is 4.27. The summed E-state index contributed by atoms with van der Waals surface area (Å²) < 4.78 is 12.7. The molecule has 1 aromatic rings. The largest absolute Gasteiger partial charge is 0.516 e. The Labute approximate surface area is 83.2 Å². The second-order valence-electron chi connectivity index (χ2n) is 2.31. The van der Waals surface area contributed by atoms with Crippen LogP contribution < -0.4 is 0 Å². The van der Waals surface area contributed by atoms with E-state index < -0.39 is 29.6 Å². The maximum atomic E-state index is 11.0. The molecule has 15 heavy (non-hydrogen) atoms. The first-order valence-corrected chi connectivity index (χ1v) is 3.68. The number of carbonyl (C=O) groups excluding carboxylic acids is 2. The van der Waals surface area contributed by atoms with Crippen LogP contribution in [0.3, 0.4) is 0 Å². The molecule has 0 spiro atoms. The zero-order valence-corrected chi connectivity index (χ0v) is 7.55. The summed E-state index contributed by atoms with van der Waals surface area (Å²) in [6.45, 7) is 0. The summed E-state index contributed by atoms with van der Waals surface area (Å²) in [5, 5.41) is 8.47. The molecular formula is C8H6O7. The first-order chi connectivity index (χ1) is 7.04. The number of aromatic carboxylic acids is 1. The van der Waals surface area contributed by atoms with Crippen LogP contribution in [0.5, 0.6) is 0 Å². The lowest BCUT2D eigenvalue weighted by Gasteiger charge is -1.97. The molecule has 0 amide bonds. The number of carboxylic acid groups (broad SMARTS) is 1. The summed E-state index contributed by atoms with van der Waals surface area (Å²) in [4.78, 5) is 31.9. The summed E-state index contributed by atoms with van der Waals surface area (Å²) in [6.07, 6.45) is -1.20. The van der Waals surface area contributed by atoms with E-state index in [1.807, 2.05) is 0 Å². The van der Waals surface area contributed by atoms with Crippen molar-refractivity contribution in [3.63, 3.8) is 0 Å². The fourth-order valence-electron chi connectivity index (χ4n) is 0.730. The number of furan rings is 1.